The number of morpholine rings is 5. The van der Waals surface area contributed by atoms with Gasteiger partial charge in [-0.25, -0.2) is 0 Å². The van der Waals surface area contributed by atoms with Crippen LogP contribution in [0.4, 0.5) is 0 Å². The van der Waals surface area contributed by atoms with E-state index in [9.17, 15) is 20.4 Å². The van der Waals surface area contributed by atoms with Gasteiger partial charge in [0.25, 0.3) is 0 Å². The van der Waals surface area contributed by atoms with Gasteiger partial charge < -0.3 is 63.1 Å². The van der Waals surface area contributed by atoms with Gasteiger partial charge in [-0.2, -0.15) is 0 Å². The van der Waals surface area contributed by atoms with Gasteiger partial charge in [-0.15, -0.1) is 11.6 Å². The molecule has 0 saturated carbocycles. The highest BCUT2D eigenvalue weighted by Gasteiger charge is 2.21. The summed E-state index contributed by atoms with van der Waals surface area (Å²) in [6, 6.07) is 23.1. The number of hydrogen-bond acceptors (Lipinski definition) is 18. The van der Waals surface area contributed by atoms with Gasteiger partial charge in [-0.3, -0.25) is 24.5 Å². The van der Waals surface area contributed by atoms with Crippen LogP contribution >= 0.6 is 11.6 Å². The lowest BCUT2D eigenvalue weighted by molar-refractivity contribution is 0.0366. The minimum absolute atomic E-state index is 0.0965. The summed E-state index contributed by atoms with van der Waals surface area (Å²) in [7, 11) is 0. The third-order valence-corrected chi connectivity index (χ3v) is 19.4. The van der Waals surface area contributed by atoms with Crippen LogP contribution in [0.3, 0.4) is 0 Å². The molecule has 4 atom stereocenters. The van der Waals surface area contributed by atoms with Crippen LogP contribution in [0.1, 0.15) is 114 Å². The Kier molecular flexibility index (Phi) is 37.3. The smallest absolute Gasteiger partial charge is 0.161 e. The summed E-state index contributed by atoms with van der Waals surface area (Å²) in [5.41, 5.74) is 4.54. The minimum Gasteiger partial charge on any atom is -0.504 e. The molecule has 0 aromatic heterocycles. The average Bonchev–Trinajstić information content (AvgIpc) is 1.93. The first-order valence-corrected chi connectivity index (χ1v) is 36.8. The van der Waals surface area contributed by atoms with Crippen LogP contribution in [-0.2, 0) is 49.4 Å². The number of phenols is 4. The van der Waals surface area contributed by atoms with Crippen molar-refractivity contribution in [2.24, 2.45) is 23.7 Å². The Morgan fingerprint density at radius 2 is 0.558 bits per heavy atom. The highest BCUT2D eigenvalue weighted by Crippen LogP contribution is 2.35. The number of rotatable bonds is 38. The molecule has 534 valence electrons. The van der Waals surface area contributed by atoms with Crippen molar-refractivity contribution in [1.29, 1.82) is 0 Å². The molecule has 0 unspecified atom stereocenters. The first-order valence-electron chi connectivity index (χ1n) is 36.2. The van der Waals surface area contributed by atoms with E-state index < -0.39 is 0 Å². The molecule has 4 aromatic carbocycles. The molecule has 5 saturated heterocycles. The Morgan fingerprint density at radius 1 is 0.316 bits per heavy atom. The Balaban J connectivity index is 0.000000313. The number of aromatic hydroxyl groups is 4. The van der Waals surface area contributed by atoms with Gasteiger partial charge in [0.1, 0.15) is 0 Å². The number of halogens is 1. The molecule has 0 amide bonds. The number of ether oxygens (including phenoxy) is 9. The second-order valence-corrected chi connectivity index (χ2v) is 27.2. The van der Waals surface area contributed by atoms with Crippen LogP contribution in [0.15, 0.2) is 72.8 Å². The van der Waals surface area contributed by atoms with E-state index in [2.05, 4.69) is 88.6 Å². The standard InChI is InChI=1S/C50H82N4O8.C18H22O4.C8H16ClNO/c1-43(39-45-11-13-47(59-27-7-3-15-51-19-31-55-32-20-51)49(41-45)61-29-9-5-17-53-23-35-57-36-24-53)44(2)40-46-12-14-48(60-28-8-4-16-52-21-33-56-34-22-52)50(42-46)62-30-10-6-18-54-25-37-58-38-26-54;1-11(7-13-3-5-15(19)17(21)9-13)12(2)8-14-4-6-16(20)18(22)10-14;9-3-1-2-4-10-5-7-11-8-6-10/h11-14,41-44H,3-10,15-40H2,1-2H3;3-6,9-12,19-22H,7-8H2,1-2H3;1-8H2/t43-,44+;11-,12+;. The second-order valence-electron chi connectivity index (χ2n) is 26.8. The fourth-order valence-electron chi connectivity index (χ4n) is 12.5. The van der Waals surface area contributed by atoms with Gasteiger partial charge in [-0.1, -0.05) is 52.0 Å². The van der Waals surface area contributed by atoms with E-state index in [1.54, 1.807) is 12.1 Å². The molecule has 0 spiro atoms. The lowest BCUT2D eigenvalue weighted by Gasteiger charge is -2.26. The van der Waals surface area contributed by atoms with E-state index in [1.165, 1.54) is 36.2 Å². The maximum absolute atomic E-state index is 9.54. The Hall–Kier alpha value is -4.83. The fourth-order valence-corrected chi connectivity index (χ4v) is 12.7. The first-order chi connectivity index (χ1) is 46.4. The summed E-state index contributed by atoms with van der Waals surface area (Å²) < 4.78 is 53.1. The largest absolute Gasteiger partial charge is 0.504 e. The Morgan fingerprint density at radius 3 is 0.821 bits per heavy atom. The van der Waals surface area contributed by atoms with Crippen molar-refractivity contribution >= 4 is 11.6 Å². The topological polar surface area (TPSA) is 180 Å². The minimum atomic E-state index is -0.107. The molecule has 5 heterocycles. The maximum Gasteiger partial charge on any atom is 0.161 e. The Bertz CT molecular complexity index is 2500. The number of unbranched alkanes of at least 4 members (excludes halogenated alkanes) is 5. The summed E-state index contributed by atoms with van der Waals surface area (Å²) in [6.07, 6.45) is 14.5. The number of hydrogen-bond donors (Lipinski definition) is 4. The zero-order valence-electron chi connectivity index (χ0n) is 58.4. The number of nitrogens with zero attached hydrogens (tertiary/aromatic N) is 5. The SMILES string of the molecule is C[C@H](Cc1ccc(O)c(O)c1)[C@@H](C)Cc1ccc(O)c(O)c1.C[C@H](Cc1ccc(OCCCCN2CCOCC2)c(OCCCCN2CCOCC2)c1)[C@@H](C)Cc1ccc(OCCCCN2CCOCC2)c(OCCCCN2CCOCC2)c1.ClCCCCN1CCOCC1. The molecule has 5 fully saturated rings. The fraction of sp³-hybridized carbons (Fsp3) is 0.684. The van der Waals surface area contributed by atoms with Crippen molar-refractivity contribution in [3.8, 4) is 46.0 Å². The van der Waals surface area contributed by atoms with Gasteiger partial charge in [0, 0.05) is 71.3 Å². The lowest BCUT2D eigenvalue weighted by atomic mass is 9.85. The van der Waals surface area contributed by atoms with Crippen molar-refractivity contribution in [1.82, 2.24) is 24.5 Å². The third-order valence-electron chi connectivity index (χ3n) is 19.2. The molecule has 0 bridgehead atoms. The zero-order valence-corrected chi connectivity index (χ0v) is 59.2. The molecule has 0 radical (unpaired) electrons. The average molecular weight is 1350 g/mol. The van der Waals surface area contributed by atoms with Crippen LogP contribution < -0.4 is 18.9 Å². The van der Waals surface area contributed by atoms with Gasteiger partial charge >= 0.3 is 0 Å². The molecule has 5 aliphatic rings. The van der Waals surface area contributed by atoms with E-state index in [1.807, 2.05) is 12.1 Å². The number of benzene rings is 4. The predicted octanol–water partition coefficient (Wildman–Crippen LogP) is 11.6. The van der Waals surface area contributed by atoms with Crippen LogP contribution in [0.2, 0.25) is 0 Å². The van der Waals surface area contributed by atoms with Crippen LogP contribution in [0.25, 0.3) is 0 Å². The molecular formula is C76H120ClN5O13. The quantitative estimate of drug-likeness (QED) is 0.0189. The summed E-state index contributed by atoms with van der Waals surface area (Å²) in [5.74, 6) is 5.53. The molecule has 4 aromatic rings. The van der Waals surface area contributed by atoms with Crippen molar-refractivity contribution in [3.05, 3.63) is 95.1 Å². The molecule has 0 aliphatic carbocycles. The maximum atomic E-state index is 9.54. The third kappa shape index (κ3) is 30.9. The highest BCUT2D eigenvalue weighted by atomic mass is 35.5. The molecule has 18 nitrogen and oxygen atoms in total. The summed E-state index contributed by atoms with van der Waals surface area (Å²) in [4.78, 5) is 12.4. The van der Waals surface area contributed by atoms with Crippen LogP contribution in [0.5, 0.6) is 46.0 Å². The number of phenolic OH excluding ortho intramolecular Hbond substituents is 4. The molecule has 9 rings (SSSR count). The van der Waals surface area contributed by atoms with Crippen molar-refractivity contribution in [3.63, 3.8) is 0 Å². The highest BCUT2D eigenvalue weighted by molar-refractivity contribution is 6.17. The van der Waals surface area contributed by atoms with Gasteiger partial charge in [0.15, 0.2) is 46.0 Å². The van der Waals surface area contributed by atoms with E-state index in [-0.39, 0.29) is 23.0 Å². The zero-order chi connectivity index (χ0) is 67.1. The molecule has 5 aliphatic heterocycles. The van der Waals surface area contributed by atoms with Crippen molar-refractivity contribution in [2.75, 3.05) is 197 Å². The monoisotopic (exact) mass is 1350 g/mol. The van der Waals surface area contributed by atoms with E-state index in [0.717, 1.165) is 281 Å². The Labute approximate surface area is 575 Å². The second kappa shape index (κ2) is 45.7. The lowest BCUT2D eigenvalue weighted by Crippen LogP contribution is -2.36. The molecule has 19 heteroatoms. The summed E-state index contributed by atoms with van der Waals surface area (Å²) in [6.45, 7) is 36.5. The van der Waals surface area contributed by atoms with E-state index in [0.29, 0.717) is 50.1 Å². The van der Waals surface area contributed by atoms with Crippen LogP contribution in [-0.4, -0.2) is 241 Å². The van der Waals surface area contributed by atoms with Crippen LogP contribution in [0, 0.1) is 23.7 Å². The van der Waals surface area contributed by atoms with Crippen molar-refractivity contribution < 1.29 is 63.1 Å². The van der Waals surface area contributed by atoms with Gasteiger partial charge in [-0.05, 0) is 217 Å². The van der Waals surface area contributed by atoms with Gasteiger partial charge in [0.2, 0.25) is 0 Å². The normalized spacial score (nSPS) is 18.3. The molecule has 95 heavy (non-hydrogen) atoms. The molecular weight excluding hydrogens is 1230 g/mol. The summed E-state index contributed by atoms with van der Waals surface area (Å²) >= 11 is 5.58. The van der Waals surface area contributed by atoms with E-state index >= 15 is 0 Å². The van der Waals surface area contributed by atoms with E-state index in [4.69, 9.17) is 54.2 Å². The van der Waals surface area contributed by atoms with Gasteiger partial charge in [0.05, 0.1) is 92.5 Å². The first kappa shape index (κ1) is 77.5. The number of alkyl halides is 1. The summed E-state index contributed by atoms with van der Waals surface area (Å²) in [5, 5.41) is 37.8. The van der Waals surface area contributed by atoms with Crippen molar-refractivity contribution in [2.45, 2.75) is 118 Å². The molecule has 4 N–H and O–H groups in total. The predicted molar refractivity (Wildman–Crippen MR) is 379 cm³/mol.